The van der Waals surface area contributed by atoms with Crippen LogP contribution >= 0.6 is 0 Å². The van der Waals surface area contributed by atoms with Gasteiger partial charge in [0.1, 0.15) is 5.84 Å². The molecular formula is C27H44N4Si. The van der Waals surface area contributed by atoms with E-state index in [9.17, 15) is 0 Å². The van der Waals surface area contributed by atoms with Crippen LogP contribution in [-0.2, 0) is 0 Å². The van der Waals surface area contributed by atoms with E-state index in [-0.39, 0.29) is 16.6 Å². The van der Waals surface area contributed by atoms with E-state index in [2.05, 4.69) is 95.1 Å². The predicted octanol–water partition coefficient (Wildman–Crippen LogP) is 6.12. The lowest BCUT2D eigenvalue weighted by molar-refractivity contribution is 0.00133. The van der Waals surface area contributed by atoms with Crippen LogP contribution < -0.4 is 0 Å². The van der Waals surface area contributed by atoms with E-state index in [1.54, 1.807) is 0 Å². The molecule has 32 heavy (non-hydrogen) atoms. The van der Waals surface area contributed by atoms with Gasteiger partial charge in [0.25, 0.3) is 0 Å². The molecule has 5 rings (SSSR count). The molecule has 0 atom stereocenters. The standard InChI is InChI=1S/C27H44N4Si/c1-25(2,3)28-24(23-12-10-9-11-13-23)31(26(4,5)6)32(30(7)8)29-27-17-20-14-21(18-27)16-22(15-20)19-27/h9-13,20-22H,14-19H2,1-8H3. The maximum absolute atomic E-state index is 5.88. The molecule has 0 radical (unpaired) electrons. The lowest BCUT2D eigenvalue weighted by atomic mass is 9.53. The molecule has 0 saturated heterocycles. The fraction of sp³-hybridized carbons (Fsp3) is 0.741. The number of rotatable bonds is 4. The minimum absolute atomic E-state index is 0.0791. The van der Waals surface area contributed by atoms with Gasteiger partial charge in [-0.3, -0.25) is 9.63 Å². The molecule has 1 aromatic rings. The summed E-state index contributed by atoms with van der Waals surface area (Å²) in [5, 5.41) is 0. The molecule has 4 saturated carbocycles. The summed E-state index contributed by atoms with van der Waals surface area (Å²) in [6, 6.07) is 10.8. The quantitative estimate of drug-likeness (QED) is 0.313. The van der Waals surface area contributed by atoms with E-state index in [0.717, 1.165) is 23.6 Å². The smallest absolute Gasteiger partial charge is 0.375 e. The molecule has 0 aromatic heterocycles. The van der Waals surface area contributed by atoms with Crippen LogP contribution in [-0.4, -0.2) is 54.6 Å². The number of amidine groups is 1. The van der Waals surface area contributed by atoms with Gasteiger partial charge in [0.2, 0.25) is 0 Å². The Kier molecular flexibility index (Phi) is 6.19. The molecule has 4 nitrogen and oxygen atoms in total. The van der Waals surface area contributed by atoms with Crippen molar-refractivity contribution < 1.29 is 0 Å². The SMILES string of the molecule is CN(C)[Si](=NC12CC3CC(CC(C3)C1)C2)N(C(=NC(C)(C)C)c1ccccc1)C(C)(C)C. The summed E-state index contributed by atoms with van der Waals surface area (Å²) in [5.74, 6) is 3.84. The first-order chi connectivity index (χ1) is 14.9. The van der Waals surface area contributed by atoms with Crippen molar-refractivity contribution >= 4 is 14.7 Å². The number of hydrogen-bond acceptors (Lipinski definition) is 2. The van der Waals surface area contributed by atoms with Crippen LogP contribution in [0, 0.1) is 17.8 Å². The highest BCUT2D eigenvalue weighted by molar-refractivity contribution is 6.46. The van der Waals surface area contributed by atoms with Crippen molar-refractivity contribution in [3.8, 4) is 0 Å². The molecule has 1 aromatic carbocycles. The molecule has 4 aliphatic rings. The largest absolute Gasteiger partial charge is 0.382 e. The summed E-state index contributed by atoms with van der Waals surface area (Å²) >= 11 is 0. The zero-order valence-corrected chi connectivity index (χ0v) is 22.7. The second-order valence-electron chi connectivity index (χ2n) is 12.9. The van der Waals surface area contributed by atoms with Gasteiger partial charge in [-0.2, -0.15) is 0 Å². The van der Waals surface area contributed by atoms with Crippen LogP contribution in [0.25, 0.3) is 0 Å². The molecule has 0 aliphatic heterocycles. The van der Waals surface area contributed by atoms with Crippen LogP contribution in [0.5, 0.6) is 0 Å². The van der Waals surface area contributed by atoms with Crippen molar-refractivity contribution in [3.05, 3.63) is 35.9 Å². The average Bonchev–Trinajstić information content (AvgIpc) is 2.64. The van der Waals surface area contributed by atoms with E-state index >= 15 is 0 Å². The molecule has 0 spiro atoms. The number of nitrogens with zero attached hydrogens (tertiary/aromatic N) is 4. The van der Waals surface area contributed by atoms with E-state index < -0.39 is 8.91 Å². The van der Waals surface area contributed by atoms with Crippen LogP contribution in [0.15, 0.2) is 40.0 Å². The van der Waals surface area contributed by atoms with Gasteiger partial charge >= 0.3 is 8.91 Å². The summed E-state index contributed by atoms with van der Waals surface area (Å²) < 4.78 is 10.9. The van der Waals surface area contributed by atoms with Crippen LogP contribution in [0.2, 0.25) is 0 Å². The minimum Gasteiger partial charge on any atom is -0.382 e. The average molecular weight is 453 g/mol. The monoisotopic (exact) mass is 452 g/mol. The topological polar surface area (TPSA) is 31.2 Å². The van der Waals surface area contributed by atoms with Crippen LogP contribution in [0.4, 0.5) is 0 Å². The maximum atomic E-state index is 5.88. The highest BCUT2D eigenvalue weighted by atomic mass is 28.3. The Morgan fingerprint density at radius 2 is 1.38 bits per heavy atom. The summed E-state index contributed by atoms with van der Waals surface area (Å²) in [7, 11) is 3.09. The zero-order valence-electron chi connectivity index (χ0n) is 21.7. The summed E-state index contributed by atoms with van der Waals surface area (Å²) in [5.41, 5.74) is 1.15. The van der Waals surface area contributed by atoms with Crippen molar-refractivity contribution in [1.82, 2.24) is 9.13 Å². The maximum Gasteiger partial charge on any atom is 0.375 e. The highest BCUT2D eigenvalue weighted by Gasteiger charge is 2.51. The summed E-state index contributed by atoms with van der Waals surface area (Å²) in [6.07, 6.45) is 8.33. The summed E-state index contributed by atoms with van der Waals surface area (Å²) in [4.78, 5) is 5.32. The van der Waals surface area contributed by atoms with Crippen molar-refractivity contribution in [2.75, 3.05) is 14.1 Å². The molecule has 5 heteroatoms. The first-order valence-electron chi connectivity index (χ1n) is 12.6. The van der Waals surface area contributed by atoms with Gasteiger partial charge in [0.15, 0.2) is 0 Å². The Morgan fingerprint density at radius 3 is 1.78 bits per heavy atom. The highest BCUT2D eigenvalue weighted by Crippen LogP contribution is 2.57. The predicted molar refractivity (Wildman–Crippen MR) is 137 cm³/mol. The fourth-order valence-corrected chi connectivity index (χ4v) is 8.99. The number of hydrogen-bond donors (Lipinski definition) is 0. The third kappa shape index (κ3) is 5.03. The lowest BCUT2D eigenvalue weighted by Gasteiger charge is -2.56. The number of benzene rings is 1. The first-order valence-corrected chi connectivity index (χ1v) is 13.9. The van der Waals surface area contributed by atoms with Gasteiger partial charge in [-0.1, -0.05) is 30.3 Å². The third-order valence-electron chi connectivity index (χ3n) is 7.30. The van der Waals surface area contributed by atoms with E-state index in [4.69, 9.17) is 9.63 Å². The second kappa shape index (κ2) is 8.38. The fourth-order valence-electron chi connectivity index (χ4n) is 6.62. The first kappa shape index (κ1) is 23.7. The molecule has 0 unspecified atom stereocenters. The molecule has 4 aliphatic carbocycles. The van der Waals surface area contributed by atoms with E-state index in [1.165, 1.54) is 44.1 Å². The van der Waals surface area contributed by atoms with E-state index in [0.29, 0.717) is 0 Å². The zero-order chi connectivity index (χ0) is 23.3. The molecule has 4 bridgehead atoms. The normalized spacial score (nSPS) is 30.6. The van der Waals surface area contributed by atoms with Crippen molar-refractivity contribution in [2.24, 2.45) is 27.4 Å². The molecular weight excluding hydrogens is 408 g/mol. The third-order valence-corrected chi connectivity index (χ3v) is 10.1. The van der Waals surface area contributed by atoms with Crippen molar-refractivity contribution in [2.45, 2.75) is 96.7 Å². The Labute approximate surface area is 198 Å². The van der Waals surface area contributed by atoms with Gasteiger partial charge in [0.05, 0.1) is 11.1 Å². The van der Waals surface area contributed by atoms with E-state index in [1.807, 2.05) is 0 Å². The van der Waals surface area contributed by atoms with Crippen LogP contribution in [0.3, 0.4) is 0 Å². The molecule has 0 heterocycles. The Morgan fingerprint density at radius 1 is 0.875 bits per heavy atom. The lowest BCUT2D eigenvalue weighted by Crippen LogP contribution is -2.59. The van der Waals surface area contributed by atoms with Gasteiger partial charge in [0, 0.05) is 11.1 Å². The minimum atomic E-state index is -1.37. The second-order valence-corrected chi connectivity index (χ2v) is 15.1. The van der Waals surface area contributed by atoms with Gasteiger partial charge in [-0.15, -0.1) is 0 Å². The van der Waals surface area contributed by atoms with Gasteiger partial charge in [-0.05, 0) is 112 Å². The molecule has 0 N–H and O–H groups in total. The molecule has 176 valence electrons. The Bertz CT molecular complexity index is 838. The molecule has 4 fully saturated rings. The van der Waals surface area contributed by atoms with Gasteiger partial charge in [-0.25, -0.2) is 0 Å². The Balaban J connectivity index is 1.85. The Hall–Kier alpha value is -1.49. The van der Waals surface area contributed by atoms with Crippen LogP contribution in [0.1, 0.15) is 85.6 Å². The molecule has 0 amide bonds. The van der Waals surface area contributed by atoms with Crippen molar-refractivity contribution in [3.63, 3.8) is 0 Å². The van der Waals surface area contributed by atoms with Gasteiger partial charge < -0.3 is 9.13 Å². The summed E-state index contributed by atoms with van der Waals surface area (Å²) in [6.45, 7) is 13.6. The number of aliphatic imine (C=N–C) groups is 1. The van der Waals surface area contributed by atoms with Crippen molar-refractivity contribution in [1.29, 1.82) is 0 Å².